The molecule has 100 valence electrons. The minimum atomic E-state index is -0.584. The van der Waals surface area contributed by atoms with Gasteiger partial charge in [0.15, 0.2) is 0 Å². The number of primary amides is 1. The highest BCUT2D eigenvalue weighted by molar-refractivity contribution is 5.96. The molecular formula is C13H15N3O3. The first-order valence-electron chi connectivity index (χ1n) is 5.74. The van der Waals surface area contributed by atoms with Gasteiger partial charge in [-0.05, 0) is 24.6 Å². The molecule has 0 radical (unpaired) electrons. The molecule has 0 bridgehead atoms. The first-order chi connectivity index (χ1) is 9.02. The predicted molar refractivity (Wildman–Crippen MR) is 68.9 cm³/mol. The van der Waals surface area contributed by atoms with Crippen molar-refractivity contribution in [3.8, 4) is 11.6 Å². The normalized spacial score (nSPS) is 10.5. The highest BCUT2D eigenvalue weighted by Gasteiger charge is 2.20. The predicted octanol–water partition coefficient (Wildman–Crippen LogP) is 1.11. The van der Waals surface area contributed by atoms with Crippen LogP contribution < -0.4 is 10.5 Å². The number of nitrogens with zero attached hydrogens (tertiary/aromatic N) is 2. The molecule has 3 N–H and O–H groups in total. The molecule has 0 unspecified atom stereocenters. The van der Waals surface area contributed by atoms with Gasteiger partial charge in [-0.25, -0.2) is 4.68 Å². The molecule has 2 rings (SSSR count). The van der Waals surface area contributed by atoms with Crippen LogP contribution in [0.2, 0.25) is 0 Å². The molecule has 1 aromatic carbocycles. The van der Waals surface area contributed by atoms with Gasteiger partial charge in [-0.3, -0.25) is 4.79 Å². The molecule has 6 nitrogen and oxygen atoms in total. The zero-order chi connectivity index (χ0) is 14.0. The Labute approximate surface area is 110 Å². The van der Waals surface area contributed by atoms with Crippen LogP contribution in [0.1, 0.15) is 21.6 Å². The number of rotatable bonds is 4. The van der Waals surface area contributed by atoms with Gasteiger partial charge in [0.1, 0.15) is 11.3 Å². The Balaban J connectivity index is 2.40. The van der Waals surface area contributed by atoms with Crippen LogP contribution in [0, 0.1) is 6.92 Å². The lowest BCUT2D eigenvalue weighted by Crippen LogP contribution is -2.13. The van der Waals surface area contributed by atoms with Gasteiger partial charge in [0.25, 0.3) is 5.91 Å². The Hall–Kier alpha value is -2.34. The van der Waals surface area contributed by atoms with E-state index in [0.717, 1.165) is 5.56 Å². The molecule has 1 aromatic heterocycles. The largest absolute Gasteiger partial charge is 0.438 e. The van der Waals surface area contributed by atoms with Crippen molar-refractivity contribution in [3.05, 3.63) is 41.1 Å². The van der Waals surface area contributed by atoms with E-state index in [1.807, 2.05) is 0 Å². The number of nitrogens with two attached hydrogens (primary N) is 1. The Bertz CT molecular complexity index is 620. The highest BCUT2D eigenvalue weighted by atomic mass is 16.5. The van der Waals surface area contributed by atoms with E-state index in [1.54, 1.807) is 38.2 Å². The Morgan fingerprint density at radius 2 is 2.26 bits per heavy atom. The van der Waals surface area contributed by atoms with E-state index < -0.39 is 5.91 Å². The number of aliphatic hydroxyl groups excluding tert-OH is 1. The van der Waals surface area contributed by atoms with Crippen LogP contribution in [0.25, 0.3) is 0 Å². The summed E-state index contributed by atoms with van der Waals surface area (Å²) in [4.78, 5) is 11.4. The fraction of sp³-hybridized carbons (Fsp3) is 0.231. The maximum Gasteiger partial charge on any atom is 0.256 e. The molecule has 0 saturated carbocycles. The fourth-order valence-electron chi connectivity index (χ4n) is 1.86. The summed E-state index contributed by atoms with van der Waals surface area (Å²) in [6.07, 6.45) is 0. The van der Waals surface area contributed by atoms with Crippen LogP contribution in [-0.4, -0.2) is 20.8 Å². The van der Waals surface area contributed by atoms with Crippen molar-refractivity contribution >= 4 is 5.91 Å². The number of carbonyl (C=O) groups excluding carboxylic acids is 1. The zero-order valence-electron chi connectivity index (χ0n) is 10.8. The van der Waals surface area contributed by atoms with E-state index in [9.17, 15) is 4.79 Å². The van der Waals surface area contributed by atoms with E-state index >= 15 is 0 Å². The summed E-state index contributed by atoms with van der Waals surface area (Å²) in [5.41, 5.74) is 6.82. The van der Waals surface area contributed by atoms with Crippen molar-refractivity contribution in [3.63, 3.8) is 0 Å². The summed E-state index contributed by atoms with van der Waals surface area (Å²) in [5, 5.41) is 13.2. The first-order valence-corrected chi connectivity index (χ1v) is 5.74. The molecule has 0 saturated heterocycles. The molecule has 6 heteroatoms. The van der Waals surface area contributed by atoms with Crippen LogP contribution in [0.5, 0.6) is 11.6 Å². The smallest absolute Gasteiger partial charge is 0.256 e. The van der Waals surface area contributed by atoms with Gasteiger partial charge in [0.05, 0.1) is 12.3 Å². The lowest BCUT2D eigenvalue weighted by atomic mass is 10.2. The van der Waals surface area contributed by atoms with Gasteiger partial charge in [0.2, 0.25) is 5.88 Å². The molecule has 0 atom stereocenters. The number of amides is 1. The number of aryl methyl sites for hydroxylation is 2. The minimum absolute atomic E-state index is 0.0791. The minimum Gasteiger partial charge on any atom is -0.438 e. The van der Waals surface area contributed by atoms with E-state index in [1.165, 1.54) is 4.68 Å². The summed E-state index contributed by atoms with van der Waals surface area (Å²) in [6, 6.07) is 6.95. The Kier molecular flexibility index (Phi) is 3.52. The van der Waals surface area contributed by atoms with Gasteiger partial charge >= 0.3 is 0 Å². The van der Waals surface area contributed by atoms with Crippen molar-refractivity contribution < 1.29 is 14.6 Å². The number of benzene rings is 1. The van der Waals surface area contributed by atoms with Gasteiger partial charge in [-0.1, -0.05) is 12.1 Å². The molecule has 1 heterocycles. The van der Waals surface area contributed by atoms with Crippen molar-refractivity contribution in [1.82, 2.24) is 9.78 Å². The summed E-state index contributed by atoms with van der Waals surface area (Å²) in [6.45, 7) is 1.61. The first kappa shape index (κ1) is 13.1. The standard InChI is InChI=1S/C13H15N3O3/c1-8-11(12(14)18)13(16(2)15-8)19-10-5-3-4-9(6-10)7-17/h3-6,17H,7H2,1-2H3,(H2,14,18). The SMILES string of the molecule is Cc1nn(C)c(Oc2cccc(CO)c2)c1C(N)=O. The molecule has 0 fully saturated rings. The second kappa shape index (κ2) is 5.11. The molecular weight excluding hydrogens is 246 g/mol. The van der Waals surface area contributed by atoms with Gasteiger partial charge in [-0.15, -0.1) is 0 Å². The summed E-state index contributed by atoms with van der Waals surface area (Å²) < 4.78 is 7.11. The summed E-state index contributed by atoms with van der Waals surface area (Å²) in [5.74, 6) is 0.219. The lowest BCUT2D eigenvalue weighted by molar-refractivity contribution is 0.0997. The number of aromatic nitrogens is 2. The molecule has 0 aliphatic rings. The second-order valence-corrected chi connectivity index (χ2v) is 4.16. The number of carbonyl (C=O) groups is 1. The van der Waals surface area contributed by atoms with Gasteiger partial charge in [-0.2, -0.15) is 5.10 Å². The highest BCUT2D eigenvalue weighted by Crippen LogP contribution is 2.27. The van der Waals surface area contributed by atoms with E-state index in [0.29, 0.717) is 17.3 Å². The fourth-order valence-corrected chi connectivity index (χ4v) is 1.86. The third kappa shape index (κ3) is 2.58. The average molecular weight is 261 g/mol. The quantitative estimate of drug-likeness (QED) is 0.862. The topological polar surface area (TPSA) is 90.4 Å². The van der Waals surface area contributed by atoms with Crippen molar-refractivity contribution in [2.45, 2.75) is 13.5 Å². The van der Waals surface area contributed by atoms with Crippen LogP contribution in [-0.2, 0) is 13.7 Å². The summed E-state index contributed by atoms with van der Waals surface area (Å²) in [7, 11) is 1.67. The number of hydrogen-bond donors (Lipinski definition) is 2. The van der Waals surface area contributed by atoms with E-state index in [-0.39, 0.29) is 12.2 Å². The van der Waals surface area contributed by atoms with Gasteiger partial charge in [0, 0.05) is 7.05 Å². The monoisotopic (exact) mass is 261 g/mol. The third-order valence-corrected chi connectivity index (χ3v) is 2.71. The number of aliphatic hydroxyl groups is 1. The molecule has 0 spiro atoms. The molecule has 1 amide bonds. The van der Waals surface area contributed by atoms with Crippen molar-refractivity contribution in [1.29, 1.82) is 0 Å². The number of hydrogen-bond acceptors (Lipinski definition) is 4. The van der Waals surface area contributed by atoms with Crippen LogP contribution >= 0.6 is 0 Å². The van der Waals surface area contributed by atoms with Crippen molar-refractivity contribution in [2.24, 2.45) is 12.8 Å². The molecule has 0 aliphatic carbocycles. The second-order valence-electron chi connectivity index (χ2n) is 4.16. The zero-order valence-corrected chi connectivity index (χ0v) is 10.8. The van der Waals surface area contributed by atoms with Crippen molar-refractivity contribution in [2.75, 3.05) is 0 Å². The van der Waals surface area contributed by atoms with E-state index in [2.05, 4.69) is 5.10 Å². The lowest BCUT2D eigenvalue weighted by Gasteiger charge is -2.08. The van der Waals surface area contributed by atoms with Gasteiger partial charge < -0.3 is 15.6 Å². The van der Waals surface area contributed by atoms with Crippen LogP contribution in [0.3, 0.4) is 0 Å². The number of ether oxygens (including phenoxy) is 1. The maximum atomic E-state index is 11.4. The Morgan fingerprint density at radius 1 is 1.53 bits per heavy atom. The Morgan fingerprint density at radius 3 is 2.89 bits per heavy atom. The van der Waals surface area contributed by atoms with Crippen LogP contribution in [0.4, 0.5) is 0 Å². The molecule has 2 aromatic rings. The van der Waals surface area contributed by atoms with Crippen LogP contribution in [0.15, 0.2) is 24.3 Å². The third-order valence-electron chi connectivity index (χ3n) is 2.71. The summed E-state index contributed by atoms with van der Waals surface area (Å²) >= 11 is 0. The maximum absolute atomic E-state index is 11.4. The average Bonchev–Trinajstić information content (AvgIpc) is 2.64. The molecule has 19 heavy (non-hydrogen) atoms. The molecule has 0 aliphatic heterocycles. The van der Waals surface area contributed by atoms with E-state index in [4.69, 9.17) is 15.6 Å².